The minimum Gasteiger partial charge on any atom is -0.318 e. The maximum atomic E-state index is 12.1. The Bertz CT molecular complexity index is 1040. The quantitative estimate of drug-likeness (QED) is 0.357. The molecule has 28 heavy (non-hydrogen) atoms. The molecule has 0 atom stereocenters. The van der Waals surface area contributed by atoms with Crippen LogP contribution >= 0.6 is 31.9 Å². The van der Waals surface area contributed by atoms with Crippen molar-refractivity contribution in [1.82, 2.24) is 9.99 Å². The summed E-state index contributed by atoms with van der Waals surface area (Å²) in [6, 6.07) is 16.0. The number of amides is 1. The van der Waals surface area contributed by atoms with Crippen LogP contribution in [0.2, 0.25) is 0 Å². The zero-order chi connectivity index (χ0) is 20.3. The minimum atomic E-state index is -0.144. The molecule has 0 aliphatic rings. The van der Waals surface area contributed by atoms with E-state index in [1.807, 2.05) is 31.2 Å². The molecular formula is C22H21Br2N3O. The minimum absolute atomic E-state index is 0.144. The molecule has 144 valence electrons. The zero-order valence-electron chi connectivity index (χ0n) is 16.0. The lowest BCUT2D eigenvalue weighted by Crippen LogP contribution is -2.19. The van der Waals surface area contributed by atoms with Crippen molar-refractivity contribution in [3.05, 3.63) is 85.6 Å². The molecule has 0 radical (unpaired) electrons. The number of rotatable bonds is 5. The van der Waals surface area contributed by atoms with Gasteiger partial charge in [-0.3, -0.25) is 4.79 Å². The molecular weight excluding hydrogens is 482 g/mol. The van der Waals surface area contributed by atoms with Gasteiger partial charge in [-0.15, -0.1) is 0 Å². The Labute approximate surface area is 181 Å². The second-order valence-corrected chi connectivity index (χ2v) is 8.46. The maximum absolute atomic E-state index is 12.1. The summed E-state index contributed by atoms with van der Waals surface area (Å²) in [7, 11) is 0. The van der Waals surface area contributed by atoms with Crippen molar-refractivity contribution < 1.29 is 4.79 Å². The van der Waals surface area contributed by atoms with Gasteiger partial charge in [0.2, 0.25) is 5.91 Å². The van der Waals surface area contributed by atoms with Gasteiger partial charge in [-0.1, -0.05) is 50.1 Å². The molecule has 0 saturated carbocycles. The van der Waals surface area contributed by atoms with Crippen LogP contribution in [0.25, 0.3) is 5.69 Å². The molecule has 1 aromatic heterocycles. The standard InChI is InChI=1S/C22H21Br2N3O/c1-14-4-9-20(12-21(14)24)27-15(2)10-18(16(27)3)13-25-26-22(28)11-17-5-7-19(23)8-6-17/h4-10,12-13H,11H2,1-3H3,(H,26,28)/b25-13-. The van der Waals surface area contributed by atoms with Gasteiger partial charge in [-0.2, -0.15) is 5.10 Å². The molecule has 6 heteroatoms. The number of nitrogens with zero attached hydrogens (tertiary/aromatic N) is 2. The smallest absolute Gasteiger partial charge is 0.244 e. The van der Waals surface area contributed by atoms with Crippen molar-refractivity contribution in [1.29, 1.82) is 0 Å². The lowest BCUT2D eigenvalue weighted by Gasteiger charge is -2.11. The summed E-state index contributed by atoms with van der Waals surface area (Å²) in [5.41, 5.74) is 8.98. The molecule has 0 aliphatic heterocycles. The highest BCUT2D eigenvalue weighted by Gasteiger charge is 2.10. The first-order valence-corrected chi connectivity index (χ1v) is 10.5. The molecule has 1 N–H and O–H groups in total. The number of carbonyl (C=O) groups excluding carboxylic acids is 1. The van der Waals surface area contributed by atoms with E-state index in [4.69, 9.17) is 0 Å². The molecule has 0 bridgehead atoms. The van der Waals surface area contributed by atoms with Crippen molar-refractivity contribution in [2.24, 2.45) is 5.10 Å². The van der Waals surface area contributed by atoms with Crippen molar-refractivity contribution in [2.45, 2.75) is 27.2 Å². The highest BCUT2D eigenvalue weighted by molar-refractivity contribution is 9.10. The fraction of sp³-hybridized carbons (Fsp3) is 0.182. The second kappa shape index (κ2) is 8.88. The van der Waals surface area contributed by atoms with Crippen molar-refractivity contribution in [2.75, 3.05) is 0 Å². The molecule has 1 amide bonds. The number of halogens is 2. The topological polar surface area (TPSA) is 46.4 Å². The zero-order valence-corrected chi connectivity index (χ0v) is 19.1. The molecule has 0 aliphatic carbocycles. The first-order chi connectivity index (χ1) is 13.3. The Balaban J connectivity index is 1.71. The summed E-state index contributed by atoms with van der Waals surface area (Å²) >= 11 is 6.99. The Morgan fingerprint density at radius 1 is 1.07 bits per heavy atom. The summed E-state index contributed by atoms with van der Waals surface area (Å²) < 4.78 is 4.24. The number of hydrogen-bond acceptors (Lipinski definition) is 2. The van der Waals surface area contributed by atoms with E-state index in [1.165, 1.54) is 5.56 Å². The van der Waals surface area contributed by atoms with Gasteiger partial charge in [0.15, 0.2) is 0 Å². The SMILES string of the molecule is Cc1ccc(-n2c(C)cc(/C=N\NC(=O)Cc3ccc(Br)cc3)c2C)cc1Br. The predicted octanol–water partition coefficient (Wildman–Crippen LogP) is 5.62. The van der Waals surface area contributed by atoms with Gasteiger partial charge in [-0.25, -0.2) is 5.43 Å². The van der Waals surface area contributed by atoms with Gasteiger partial charge < -0.3 is 4.57 Å². The van der Waals surface area contributed by atoms with E-state index in [2.05, 4.69) is 85.1 Å². The number of benzene rings is 2. The van der Waals surface area contributed by atoms with E-state index in [-0.39, 0.29) is 5.91 Å². The molecule has 2 aromatic carbocycles. The van der Waals surface area contributed by atoms with Crippen LogP contribution in [-0.2, 0) is 11.2 Å². The average Bonchev–Trinajstić information content (AvgIpc) is 2.93. The molecule has 0 unspecified atom stereocenters. The number of aryl methyl sites for hydroxylation is 2. The monoisotopic (exact) mass is 501 g/mol. The van der Waals surface area contributed by atoms with E-state index in [9.17, 15) is 4.79 Å². The summed E-state index contributed by atoms with van der Waals surface area (Å²) in [6.07, 6.45) is 1.99. The molecule has 3 aromatic rings. The third-order valence-corrected chi connectivity index (χ3v) is 5.94. The van der Waals surface area contributed by atoms with Crippen LogP contribution in [0.4, 0.5) is 0 Å². The van der Waals surface area contributed by atoms with Crippen LogP contribution in [0, 0.1) is 20.8 Å². The van der Waals surface area contributed by atoms with Gasteiger partial charge >= 0.3 is 0 Å². The highest BCUT2D eigenvalue weighted by Crippen LogP contribution is 2.24. The largest absolute Gasteiger partial charge is 0.318 e. The fourth-order valence-corrected chi connectivity index (χ4v) is 3.67. The molecule has 4 nitrogen and oxygen atoms in total. The Hall–Kier alpha value is -2.18. The van der Waals surface area contributed by atoms with Crippen LogP contribution < -0.4 is 5.43 Å². The van der Waals surface area contributed by atoms with Gasteiger partial charge in [-0.05, 0) is 62.2 Å². The van der Waals surface area contributed by atoms with E-state index in [0.29, 0.717) is 6.42 Å². The molecule has 0 spiro atoms. The third-order valence-electron chi connectivity index (χ3n) is 4.55. The van der Waals surface area contributed by atoms with E-state index < -0.39 is 0 Å². The molecule has 3 rings (SSSR count). The molecule has 1 heterocycles. The number of carbonyl (C=O) groups is 1. The summed E-state index contributed by atoms with van der Waals surface area (Å²) in [4.78, 5) is 12.1. The number of hydrazone groups is 1. The third kappa shape index (κ3) is 4.80. The first kappa shape index (κ1) is 20.6. The average molecular weight is 503 g/mol. The van der Waals surface area contributed by atoms with Crippen LogP contribution in [-0.4, -0.2) is 16.7 Å². The fourth-order valence-electron chi connectivity index (χ4n) is 3.04. The van der Waals surface area contributed by atoms with Crippen LogP contribution in [0.15, 0.2) is 62.6 Å². The van der Waals surface area contributed by atoms with Gasteiger partial charge in [0.05, 0.1) is 12.6 Å². The van der Waals surface area contributed by atoms with E-state index in [0.717, 1.165) is 37.1 Å². The maximum Gasteiger partial charge on any atom is 0.244 e. The number of aromatic nitrogens is 1. The van der Waals surface area contributed by atoms with E-state index in [1.54, 1.807) is 6.21 Å². The lowest BCUT2D eigenvalue weighted by atomic mass is 10.1. The van der Waals surface area contributed by atoms with Crippen molar-refractivity contribution in [3.63, 3.8) is 0 Å². The molecule has 0 saturated heterocycles. The Kier molecular flexibility index (Phi) is 6.52. The summed E-state index contributed by atoms with van der Waals surface area (Å²) in [5, 5.41) is 4.14. The van der Waals surface area contributed by atoms with Crippen molar-refractivity contribution >= 4 is 44.0 Å². The van der Waals surface area contributed by atoms with Gasteiger partial charge in [0, 0.05) is 31.6 Å². The van der Waals surface area contributed by atoms with Crippen LogP contribution in [0.1, 0.15) is 28.1 Å². The highest BCUT2D eigenvalue weighted by atomic mass is 79.9. The van der Waals surface area contributed by atoms with E-state index >= 15 is 0 Å². The van der Waals surface area contributed by atoms with Gasteiger partial charge in [0.1, 0.15) is 0 Å². The Morgan fingerprint density at radius 2 is 1.79 bits per heavy atom. The number of hydrogen-bond donors (Lipinski definition) is 1. The number of nitrogens with one attached hydrogen (secondary N) is 1. The normalized spacial score (nSPS) is 11.2. The Morgan fingerprint density at radius 3 is 2.46 bits per heavy atom. The van der Waals surface area contributed by atoms with Crippen LogP contribution in [0.5, 0.6) is 0 Å². The molecule has 0 fully saturated rings. The van der Waals surface area contributed by atoms with Gasteiger partial charge in [0.25, 0.3) is 0 Å². The second-order valence-electron chi connectivity index (χ2n) is 6.69. The lowest BCUT2D eigenvalue weighted by molar-refractivity contribution is -0.120. The summed E-state index contributed by atoms with van der Waals surface area (Å²) in [6.45, 7) is 6.17. The van der Waals surface area contributed by atoms with Crippen LogP contribution in [0.3, 0.4) is 0 Å². The predicted molar refractivity (Wildman–Crippen MR) is 121 cm³/mol. The first-order valence-electron chi connectivity index (χ1n) is 8.87. The van der Waals surface area contributed by atoms with Crippen molar-refractivity contribution in [3.8, 4) is 5.69 Å². The summed E-state index contributed by atoms with van der Waals surface area (Å²) in [5.74, 6) is -0.144.